The van der Waals surface area contributed by atoms with Crippen LogP contribution >= 0.6 is 15.9 Å². The van der Waals surface area contributed by atoms with Crippen molar-refractivity contribution < 1.29 is 24.0 Å². The Hall–Kier alpha value is -3.01. The monoisotopic (exact) mass is 423 g/mol. The largest absolute Gasteiger partial charge is 0.490 e. The molecule has 26 heavy (non-hydrogen) atoms. The molecule has 0 bridgehead atoms. The van der Waals surface area contributed by atoms with Crippen molar-refractivity contribution in [2.24, 2.45) is 0 Å². The zero-order valence-corrected chi connectivity index (χ0v) is 15.4. The third kappa shape index (κ3) is 4.76. The van der Waals surface area contributed by atoms with Gasteiger partial charge in [0.2, 0.25) is 0 Å². The second-order valence-electron chi connectivity index (χ2n) is 5.11. The summed E-state index contributed by atoms with van der Waals surface area (Å²) >= 11 is 3.18. The van der Waals surface area contributed by atoms with Gasteiger partial charge in [0.25, 0.3) is 5.91 Å². The van der Waals surface area contributed by atoms with Crippen molar-refractivity contribution in [2.75, 3.05) is 19.0 Å². The third-order valence-corrected chi connectivity index (χ3v) is 3.71. The molecule has 1 heterocycles. The lowest BCUT2D eigenvalue weighted by Crippen LogP contribution is -2.21. The van der Waals surface area contributed by atoms with Gasteiger partial charge in [0, 0.05) is 34.7 Å². The second kappa shape index (κ2) is 8.39. The van der Waals surface area contributed by atoms with Crippen molar-refractivity contribution in [1.29, 1.82) is 0 Å². The highest BCUT2D eigenvalue weighted by Gasteiger charge is 2.19. The molecule has 9 nitrogen and oxygen atoms in total. The summed E-state index contributed by atoms with van der Waals surface area (Å²) in [6.07, 6.45) is 2.82. The van der Waals surface area contributed by atoms with Crippen LogP contribution < -0.4 is 10.1 Å². The quantitative estimate of drug-likeness (QED) is 0.430. The second-order valence-corrected chi connectivity index (χ2v) is 6.03. The molecule has 0 fully saturated rings. The number of ether oxygens (including phenoxy) is 2. The van der Waals surface area contributed by atoms with E-state index in [0.29, 0.717) is 15.7 Å². The Morgan fingerprint density at radius 3 is 2.65 bits per heavy atom. The average Bonchev–Trinajstić information content (AvgIpc) is 2.60. The molecule has 0 unspecified atom stereocenters. The van der Waals surface area contributed by atoms with Crippen molar-refractivity contribution >= 4 is 39.2 Å². The number of nitro groups is 1. The maximum atomic E-state index is 12.0. The highest BCUT2D eigenvalue weighted by atomic mass is 79.9. The first kappa shape index (κ1) is 19.3. The van der Waals surface area contributed by atoms with Gasteiger partial charge in [-0.2, -0.15) is 0 Å². The van der Waals surface area contributed by atoms with Crippen LogP contribution in [-0.4, -0.2) is 35.5 Å². The topological polar surface area (TPSA) is 121 Å². The minimum Gasteiger partial charge on any atom is -0.490 e. The Bertz CT molecular complexity index is 871. The van der Waals surface area contributed by atoms with E-state index in [0.717, 1.165) is 0 Å². The molecule has 0 radical (unpaired) electrons. The molecule has 0 saturated heterocycles. The highest BCUT2D eigenvalue weighted by Crippen LogP contribution is 2.32. The number of carbonyl (C=O) groups is 2. The van der Waals surface area contributed by atoms with Crippen LogP contribution in [0.25, 0.3) is 0 Å². The van der Waals surface area contributed by atoms with Gasteiger partial charge in [-0.25, -0.2) is 4.79 Å². The molecular weight excluding hydrogens is 410 g/mol. The first-order valence-corrected chi connectivity index (χ1v) is 8.01. The summed E-state index contributed by atoms with van der Waals surface area (Å²) in [6, 6.07) is 4.14. The fraction of sp³-hybridized carbons (Fsp3) is 0.188. The van der Waals surface area contributed by atoms with Crippen molar-refractivity contribution in [3.63, 3.8) is 0 Å². The van der Waals surface area contributed by atoms with Crippen molar-refractivity contribution in [2.45, 2.75) is 6.92 Å². The Labute approximate surface area is 156 Å². The SMILES string of the molecule is COc1cc(NC(=O)COC(=O)c2cncc(Br)c2)c(C)cc1[N+](=O)[O-]. The zero-order valence-electron chi connectivity index (χ0n) is 13.8. The molecule has 1 amide bonds. The number of hydrogen-bond donors (Lipinski definition) is 1. The van der Waals surface area contributed by atoms with E-state index in [1.54, 1.807) is 6.92 Å². The summed E-state index contributed by atoms with van der Waals surface area (Å²) in [6.45, 7) is 1.07. The van der Waals surface area contributed by atoms with Gasteiger partial charge in [-0.05, 0) is 34.5 Å². The first-order valence-electron chi connectivity index (χ1n) is 7.22. The van der Waals surface area contributed by atoms with E-state index in [9.17, 15) is 19.7 Å². The van der Waals surface area contributed by atoms with E-state index in [1.165, 1.54) is 37.7 Å². The first-order chi connectivity index (χ1) is 12.3. The number of nitrogens with zero attached hydrogens (tertiary/aromatic N) is 2. The van der Waals surface area contributed by atoms with Crippen LogP contribution in [0.5, 0.6) is 5.75 Å². The Morgan fingerprint density at radius 2 is 2.04 bits per heavy atom. The molecule has 0 atom stereocenters. The van der Waals surface area contributed by atoms with Gasteiger partial charge in [0.05, 0.1) is 17.6 Å². The minimum absolute atomic E-state index is 0.00750. The van der Waals surface area contributed by atoms with Gasteiger partial charge in [-0.3, -0.25) is 19.9 Å². The molecule has 2 aromatic rings. The van der Waals surface area contributed by atoms with Gasteiger partial charge >= 0.3 is 11.7 Å². The fourth-order valence-corrected chi connectivity index (χ4v) is 2.40. The van der Waals surface area contributed by atoms with Gasteiger partial charge in [0.1, 0.15) is 0 Å². The number of nitrogens with one attached hydrogen (secondary N) is 1. The van der Waals surface area contributed by atoms with Crippen LogP contribution in [0.4, 0.5) is 11.4 Å². The van der Waals surface area contributed by atoms with Crippen molar-refractivity contribution in [1.82, 2.24) is 4.98 Å². The molecular formula is C16H14BrN3O6. The lowest BCUT2D eigenvalue weighted by molar-refractivity contribution is -0.385. The molecule has 1 N–H and O–H groups in total. The van der Waals surface area contributed by atoms with E-state index < -0.39 is 23.4 Å². The van der Waals surface area contributed by atoms with Crippen LogP contribution in [-0.2, 0) is 9.53 Å². The number of amides is 1. The normalized spacial score (nSPS) is 10.1. The van der Waals surface area contributed by atoms with Crippen molar-refractivity contribution in [3.8, 4) is 5.75 Å². The summed E-state index contributed by atoms with van der Waals surface area (Å²) in [5, 5.41) is 13.5. The predicted octanol–water partition coefficient (Wildman–Crippen LogP) is 2.86. The van der Waals surface area contributed by atoms with Gasteiger partial charge in [0.15, 0.2) is 12.4 Å². The molecule has 0 aliphatic carbocycles. The van der Waals surface area contributed by atoms with Crippen LogP contribution in [0.15, 0.2) is 35.1 Å². The maximum Gasteiger partial charge on any atom is 0.340 e. The van der Waals surface area contributed by atoms with E-state index in [2.05, 4.69) is 26.2 Å². The maximum absolute atomic E-state index is 12.0. The average molecular weight is 424 g/mol. The number of carbonyl (C=O) groups excluding carboxylic acids is 2. The molecule has 0 aliphatic rings. The number of halogens is 1. The summed E-state index contributed by atoms with van der Waals surface area (Å²) < 4.78 is 10.5. The standard InChI is InChI=1S/C16H14BrN3O6/c1-9-3-13(20(23)24)14(25-2)5-12(9)19-15(21)8-26-16(22)10-4-11(17)7-18-6-10/h3-7H,8H2,1-2H3,(H,19,21). The smallest absolute Gasteiger partial charge is 0.340 e. The van der Waals surface area contributed by atoms with Gasteiger partial charge < -0.3 is 14.8 Å². The number of aryl methyl sites for hydroxylation is 1. The fourth-order valence-electron chi connectivity index (χ4n) is 2.04. The van der Waals surface area contributed by atoms with Crippen LogP contribution in [0.2, 0.25) is 0 Å². The van der Waals surface area contributed by atoms with E-state index >= 15 is 0 Å². The minimum atomic E-state index is -0.702. The summed E-state index contributed by atoms with van der Waals surface area (Å²) in [7, 11) is 1.29. The van der Waals surface area contributed by atoms with Crippen LogP contribution in [0.1, 0.15) is 15.9 Å². The number of esters is 1. The van der Waals surface area contributed by atoms with E-state index in [1.807, 2.05) is 0 Å². The Kier molecular flexibility index (Phi) is 6.23. The van der Waals surface area contributed by atoms with Crippen molar-refractivity contribution in [3.05, 3.63) is 56.3 Å². The number of rotatable bonds is 6. The van der Waals surface area contributed by atoms with Gasteiger partial charge in [-0.1, -0.05) is 0 Å². The number of anilines is 1. The number of benzene rings is 1. The lowest BCUT2D eigenvalue weighted by atomic mass is 10.1. The molecule has 1 aromatic heterocycles. The molecule has 0 saturated carbocycles. The molecule has 10 heteroatoms. The molecule has 0 spiro atoms. The summed E-state index contributed by atoms with van der Waals surface area (Å²) in [4.78, 5) is 38.1. The van der Waals surface area contributed by atoms with E-state index in [4.69, 9.17) is 9.47 Å². The number of pyridine rings is 1. The molecule has 2 rings (SSSR count). The number of methoxy groups -OCH3 is 1. The third-order valence-electron chi connectivity index (χ3n) is 3.27. The Morgan fingerprint density at radius 1 is 1.31 bits per heavy atom. The Balaban J connectivity index is 2.03. The number of nitro benzene ring substituents is 1. The predicted molar refractivity (Wildman–Crippen MR) is 95.2 cm³/mol. The molecule has 1 aromatic carbocycles. The lowest BCUT2D eigenvalue weighted by Gasteiger charge is -2.11. The molecule has 0 aliphatic heterocycles. The number of hydrogen-bond acceptors (Lipinski definition) is 7. The summed E-state index contributed by atoms with van der Waals surface area (Å²) in [5.74, 6) is -1.29. The number of aromatic nitrogens is 1. The zero-order chi connectivity index (χ0) is 19.3. The summed E-state index contributed by atoms with van der Waals surface area (Å²) in [5.41, 5.74) is 0.767. The van der Waals surface area contributed by atoms with E-state index in [-0.39, 0.29) is 17.0 Å². The highest BCUT2D eigenvalue weighted by molar-refractivity contribution is 9.10. The van der Waals surface area contributed by atoms with Crippen LogP contribution in [0.3, 0.4) is 0 Å². The van der Waals surface area contributed by atoms with Gasteiger partial charge in [-0.15, -0.1) is 0 Å². The van der Waals surface area contributed by atoms with Crippen LogP contribution in [0, 0.1) is 17.0 Å². The molecule has 136 valence electrons.